The molecule has 2 aliphatic heterocycles. The Morgan fingerprint density at radius 1 is 1.17 bits per heavy atom. The van der Waals surface area contributed by atoms with Crippen LogP contribution in [0.15, 0.2) is 24.3 Å². The second-order valence-electron chi connectivity index (χ2n) is 7.26. The molecule has 4 nitrogen and oxygen atoms in total. The van der Waals surface area contributed by atoms with Gasteiger partial charge in [0.25, 0.3) is 0 Å². The summed E-state index contributed by atoms with van der Waals surface area (Å²) in [5.41, 5.74) is 2.42. The summed E-state index contributed by atoms with van der Waals surface area (Å²) >= 11 is 0. The van der Waals surface area contributed by atoms with Crippen molar-refractivity contribution >= 4 is 11.0 Å². The summed E-state index contributed by atoms with van der Waals surface area (Å²) in [6.45, 7) is 8.18. The standard InChI is InChI=1S/C19H28N4/c1-15-21-18-8-2-3-9-19(18)23(15)14-17-7-5-11-22(17)13-16-6-4-10-20-12-16/h2-3,8-9,16-17,20H,4-7,10-14H2,1H3. The van der Waals surface area contributed by atoms with E-state index in [1.807, 2.05) is 0 Å². The first kappa shape index (κ1) is 15.2. The number of fused-ring (bicyclic) bond motifs is 1. The van der Waals surface area contributed by atoms with Crippen LogP contribution in [0, 0.1) is 12.8 Å². The van der Waals surface area contributed by atoms with Crippen LogP contribution in [0.25, 0.3) is 11.0 Å². The van der Waals surface area contributed by atoms with E-state index in [9.17, 15) is 0 Å². The van der Waals surface area contributed by atoms with Gasteiger partial charge in [0.15, 0.2) is 0 Å². The lowest BCUT2D eigenvalue weighted by atomic mass is 9.99. The summed E-state index contributed by atoms with van der Waals surface area (Å²) in [6, 6.07) is 9.21. The fourth-order valence-corrected chi connectivity index (χ4v) is 4.39. The quantitative estimate of drug-likeness (QED) is 0.942. The second-order valence-corrected chi connectivity index (χ2v) is 7.26. The molecule has 0 aliphatic carbocycles. The maximum Gasteiger partial charge on any atom is 0.106 e. The van der Waals surface area contributed by atoms with Gasteiger partial charge in [-0.2, -0.15) is 0 Å². The fraction of sp³-hybridized carbons (Fsp3) is 0.632. The number of benzene rings is 1. The molecule has 124 valence electrons. The number of piperidine rings is 1. The van der Waals surface area contributed by atoms with Gasteiger partial charge in [0, 0.05) is 19.1 Å². The van der Waals surface area contributed by atoms with Crippen molar-refractivity contribution < 1.29 is 0 Å². The van der Waals surface area contributed by atoms with Crippen LogP contribution < -0.4 is 5.32 Å². The molecule has 1 aromatic carbocycles. The zero-order valence-corrected chi connectivity index (χ0v) is 14.2. The van der Waals surface area contributed by atoms with Crippen LogP contribution in [-0.4, -0.2) is 46.7 Å². The van der Waals surface area contributed by atoms with Gasteiger partial charge in [-0.15, -0.1) is 0 Å². The molecule has 2 fully saturated rings. The zero-order valence-electron chi connectivity index (χ0n) is 14.2. The van der Waals surface area contributed by atoms with Crippen molar-refractivity contribution in [3.05, 3.63) is 30.1 Å². The van der Waals surface area contributed by atoms with Gasteiger partial charge in [-0.25, -0.2) is 4.98 Å². The van der Waals surface area contributed by atoms with Gasteiger partial charge < -0.3 is 9.88 Å². The Kier molecular flexibility index (Phi) is 4.36. The molecule has 4 rings (SSSR count). The first-order valence-electron chi connectivity index (χ1n) is 9.18. The van der Waals surface area contributed by atoms with Crippen LogP contribution in [0.1, 0.15) is 31.5 Å². The Morgan fingerprint density at radius 3 is 2.96 bits per heavy atom. The molecule has 2 aromatic rings. The highest BCUT2D eigenvalue weighted by Gasteiger charge is 2.28. The highest BCUT2D eigenvalue weighted by molar-refractivity contribution is 5.75. The van der Waals surface area contributed by atoms with Gasteiger partial charge in [0.1, 0.15) is 5.82 Å². The number of nitrogens with zero attached hydrogens (tertiary/aromatic N) is 3. The normalized spacial score (nSPS) is 26.1. The largest absolute Gasteiger partial charge is 0.327 e. The Labute approximate surface area is 138 Å². The van der Waals surface area contributed by atoms with E-state index in [2.05, 4.69) is 46.0 Å². The van der Waals surface area contributed by atoms with E-state index < -0.39 is 0 Å². The van der Waals surface area contributed by atoms with Crippen LogP contribution in [0.5, 0.6) is 0 Å². The maximum atomic E-state index is 4.73. The minimum absolute atomic E-state index is 0.674. The molecule has 3 heterocycles. The Hall–Kier alpha value is -1.39. The number of hydrogen-bond donors (Lipinski definition) is 1. The Morgan fingerprint density at radius 2 is 2.09 bits per heavy atom. The van der Waals surface area contributed by atoms with Gasteiger partial charge in [0.2, 0.25) is 0 Å². The molecule has 1 N–H and O–H groups in total. The number of nitrogens with one attached hydrogen (secondary N) is 1. The second kappa shape index (κ2) is 6.62. The summed E-state index contributed by atoms with van der Waals surface area (Å²) < 4.78 is 2.43. The Bertz CT molecular complexity index is 656. The van der Waals surface area contributed by atoms with E-state index in [1.165, 1.54) is 57.4 Å². The van der Waals surface area contributed by atoms with E-state index in [-0.39, 0.29) is 0 Å². The molecule has 0 radical (unpaired) electrons. The van der Waals surface area contributed by atoms with E-state index in [4.69, 9.17) is 4.98 Å². The number of likely N-dealkylation sites (tertiary alicyclic amines) is 1. The van der Waals surface area contributed by atoms with E-state index in [0.29, 0.717) is 6.04 Å². The average Bonchev–Trinajstić information content (AvgIpc) is 3.14. The number of aromatic nitrogens is 2. The Balaban J connectivity index is 1.49. The molecular formula is C19H28N4. The number of aryl methyl sites for hydroxylation is 1. The predicted molar refractivity (Wildman–Crippen MR) is 94.7 cm³/mol. The zero-order chi connectivity index (χ0) is 15.6. The number of rotatable bonds is 4. The molecule has 4 heteroatoms. The van der Waals surface area contributed by atoms with E-state index in [1.54, 1.807) is 0 Å². The third-order valence-electron chi connectivity index (χ3n) is 5.63. The predicted octanol–water partition coefficient (Wildman–Crippen LogP) is 2.81. The smallest absolute Gasteiger partial charge is 0.106 e. The molecule has 1 aromatic heterocycles. The van der Waals surface area contributed by atoms with Gasteiger partial charge in [0.05, 0.1) is 11.0 Å². The summed E-state index contributed by atoms with van der Waals surface area (Å²) in [7, 11) is 0. The molecule has 2 saturated heterocycles. The van der Waals surface area contributed by atoms with Crippen molar-refractivity contribution in [3.8, 4) is 0 Å². The average molecular weight is 312 g/mol. The molecule has 2 aliphatic rings. The molecule has 2 unspecified atom stereocenters. The van der Waals surface area contributed by atoms with Crippen molar-refractivity contribution in [1.29, 1.82) is 0 Å². The SMILES string of the molecule is Cc1nc2ccccc2n1CC1CCCN1CC1CCCNC1. The molecule has 2 atom stereocenters. The highest BCUT2D eigenvalue weighted by atomic mass is 15.2. The van der Waals surface area contributed by atoms with Crippen molar-refractivity contribution in [3.63, 3.8) is 0 Å². The first-order valence-corrected chi connectivity index (χ1v) is 9.18. The lowest BCUT2D eigenvalue weighted by Crippen LogP contribution is -2.41. The van der Waals surface area contributed by atoms with Crippen LogP contribution in [0.2, 0.25) is 0 Å². The topological polar surface area (TPSA) is 33.1 Å². The van der Waals surface area contributed by atoms with Gasteiger partial charge in [-0.05, 0) is 70.3 Å². The number of para-hydroxylation sites is 2. The lowest BCUT2D eigenvalue weighted by Gasteiger charge is -2.31. The van der Waals surface area contributed by atoms with Crippen LogP contribution in [-0.2, 0) is 6.54 Å². The molecular weight excluding hydrogens is 284 g/mol. The highest BCUT2D eigenvalue weighted by Crippen LogP contribution is 2.25. The molecule has 0 bridgehead atoms. The first-order chi connectivity index (χ1) is 11.3. The molecule has 0 saturated carbocycles. The minimum atomic E-state index is 0.674. The fourth-order valence-electron chi connectivity index (χ4n) is 4.39. The van der Waals surface area contributed by atoms with E-state index >= 15 is 0 Å². The monoisotopic (exact) mass is 312 g/mol. The van der Waals surface area contributed by atoms with Gasteiger partial charge in [-0.3, -0.25) is 4.90 Å². The van der Waals surface area contributed by atoms with Crippen molar-refractivity contribution in [2.24, 2.45) is 5.92 Å². The minimum Gasteiger partial charge on any atom is -0.327 e. The maximum absolute atomic E-state index is 4.73. The van der Waals surface area contributed by atoms with Crippen molar-refractivity contribution in [2.45, 2.75) is 45.2 Å². The third-order valence-corrected chi connectivity index (χ3v) is 5.63. The van der Waals surface area contributed by atoms with Crippen LogP contribution >= 0.6 is 0 Å². The summed E-state index contributed by atoms with van der Waals surface area (Å²) in [5.74, 6) is 1.99. The summed E-state index contributed by atoms with van der Waals surface area (Å²) in [5, 5.41) is 3.56. The van der Waals surface area contributed by atoms with Gasteiger partial charge >= 0.3 is 0 Å². The lowest BCUT2D eigenvalue weighted by molar-refractivity contribution is 0.182. The van der Waals surface area contributed by atoms with Crippen molar-refractivity contribution in [1.82, 2.24) is 19.8 Å². The molecule has 0 spiro atoms. The summed E-state index contributed by atoms with van der Waals surface area (Å²) in [4.78, 5) is 7.47. The van der Waals surface area contributed by atoms with Crippen molar-refractivity contribution in [2.75, 3.05) is 26.2 Å². The molecule has 23 heavy (non-hydrogen) atoms. The number of imidazole rings is 1. The number of hydrogen-bond acceptors (Lipinski definition) is 3. The van der Waals surface area contributed by atoms with Crippen LogP contribution in [0.3, 0.4) is 0 Å². The van der Waals surface area contributed by atoms with Gasteiger partial charge in [-0.1, -0.05) is 12.1 Å². The third kappa shape index (κ3) is 3.15. The molecule has 0 amide bonds. The summed E-state index contributed by atoms with van der Waals surface area (Å²) in [6.07, 6.45) is 5.40. The van der Waals surface area contributed by atoms with Crippen LogP contribution in [0.4, 0.5) is 0 Å². The van der Waals surface area contributed by atoms with E-state index in [0.717, 1.165) is 23.8 Å².